The van der Waals surface area contributed by atoms with Gasteiger partial charge in [-0.1, -0.05) is 6.92 Å². The molecule has 1 aromatic carbocycles. The van der Waals surface area contributed by atoms with Crippen molar-refractivity contribution in [2.24, 2.45) is 0 Å². The van der Waals surface area contributed by atoms with Crippen molar-refractivity contribution in [3.8, 4) is 11.3 Å². The Kier molecular flexibility index (Phi) is 7.92. The van der Waals surface area contributed by atoms with Gasteiger partial charge in [0.1, 0.15) is 5.69 Å². The van der Waals surface area contributed by atoms with E-state index in [1.807, 2.05) is 25.0 Å². The van der Waals surface area contributed by atoms with Crippen LogP contribution in [0.1, 0.15) is 48.3 Å². The van der Waals surface area contributed by atoms with E-state index >= 15 is 0 Å². The number of aromatic amines is 1. The first kappa shape index (κ1) is 28.1. The minimum Gasteiger partial charge on any atom is -0.353 e. The Labute approximate surface area is 233 Å². The number of carbonyl (C=O) groups is 2. The molecule has 1 aliphatic rings. The number of aryl methyl sites for hydroxylation is 1. The average Bonchev–Trinajstić information content (AvgIpc) is 3.72. The third kappa shape index (κ3) is 6.01. The molecule has 1 saturated heterocycles. The number of hydrogen-bond donors (Lipinski definition) is 5. The highest BCUT2D eigenvalue weighted by atomic mass is 19.4. The van der Waals surface area contributed by atoms with Gasteiger partial charge in [-0.25, -0.2) is 9.97 Å². The number of fused-ring (bicyclic) bond motifs is 1. The maximum absolute atomic E-state index is 13.4. The fourth-order valence-corrected chi connectivity index (χ4v) is 4.86. The standard InChI is InChI=1S/C27H30F3N9O2/c1-3-16-11-17(6-7-18(16)25(40)36-15(2)12-34-26(41)20-5-4-8-31-20)37-23-24-33-14-21(39(24)10-9-32-23)19-13-35-38-22(19)27(28,29)30/h6-7,9-11,13-15,20,31H,3-5,8,12H2,1-2H3,(H,32,37)(H,34,41)(H,35,38)(H,36,40)/t15-,20+/m1/s1. The van der Waals surface area contributed by atoms with E-state index in [0.717, 1.165) is 31.1 Å². The highest BCUT2D eigenvalue weighted by Crippen LogP contribution is 2.36. The number of nitrogens with one attached hydrogen (secondary N) is 5. The molecule has 0 saturated carbocycles. The lowest BCUT2D eigenvalue weighted by atomic mass is 10.0. The molecule has 0 spiro atoms. The molecular weight excluding hydrogens is 539 g/mol. The van der Waals surface area contributed by atoms with Gasteiger partial charge in [0, 0.05) is 36.2 Å². The SMILES string of the molecule is CCc1cc(Nc2nccn3c(-c4cn[nH]c4C(F)(F)F)cnc23)ccc1C(=O)N[C@H](C)CNC(=O)[C@@H]1CCCN1. The molecule has 0 unspecified atom stereocenters. The summed E-state index contributed by atoms with van der Waals surface area (Å²) in [5.41, 5.74) is 1.35. The summed E-state index contributed by atoms with van der Waals surface area (Å²) >= 11 is 0. The number of amides is 2. The smallest absolute Gasteiger partial charge is 0.353 e. The van der Waals surface area contributed by atoms with Crippen LogP contribution in [0.3, 0.4) is 0 Å². The van der Waals surface area contributed by atoms with Crippen molar-refractivity contribution in [2.75, 3.05) is 18.4 Å². The van der Waals surface area contributed by atoms with Gasteiger partial charge in [-0.15, -0.1) is 0 Å². The molecule has 11 nitrogen and oxygen atoms in total. The van der Waals surface area contributed by atoms with Crippen LogP contribution in [0.5, 0.6) is 0 Å². The first-order chi connectivity index (χ1) is 19.7. The van der Waals surface area contributed by atoms with Crippen molar-refractivity contribution in [3.05, 3.63) is 59.8 Å². The maximum atomic E-state index is 13.4. The molecule has 2 atom stereocenters. The second-order valence-electron chi connectivity index (χ2n) is 9.89. The summed E-state index contributed by atoms with van der Waals surface area (Å²) in [5.74, 6) is 0.0103. The monoisotopic (exact) mass is 569 g/mol. The van der Waals surface area contributed by atoms with Crippen molar-refractivity contribution >= 4 is 29.0 Å². The highest BCUT2D eigenvalue weighted by molar-refractivity contribution is 5.96. The van der Waals surface area contributed by atoms with Gasteiger partial charge in [-0.2, -0.15) is 18.3 Å². The van der Waals surface area contributed by atoms with Gasteiger partial charge in [-0.05, 0) is 56.5 Å². The number of H-pyrrole nitrogens is 1. The van der Waals surface area contributed by atoms with Gasteiger partial charge in [-0.3, -0.25) is 19.1 Å². The van der Waals surface area contributed by atoms with Crippen molar-refractivity contribution in [1.82, 2.24) is 40.5 Å². The molecule has 3 aromatic heterocycles. The van der Waals surface area contributed by atoms with Crippen LogP contribution >= 0.6 is 0 Å². The van der Waals surface area contributed by atoms with Crippen LogP contribution in [0.2, 0.25) is 0 Å². The summed E-state index contributed by atoms with van der Waals surface area (Å²) in [5, 5.41) is 17.7. The molecule has 2 amide bonds. The first-order valence-electron chi connectivity index (χ1n) is 13.3. The molecule has 216 valence electrons. The Morgan fingerprint density at radius 2 is 2.05 bits per heavy atom. The molecule has 0 bridgehead atoms. The highest BCUT2D eigenvalue weighted by Gasteiger charge is 2.36. The predicted octanol–water partition coefficient (Wildman–Crippen LogP) is 3.43. The molecular formula is C27H30F3N9O2. The Hall–Kier alpha value is -4.46. The topological polar surface area (TPSA) is 141 Å². The first-order valence-corrected chi connectivity index (χ1v) is 13.3. The molecule has 41 heavy (non-hydrogen) atoms. The average molecular weight is 570 g/mol. The van der Waals surface area contributed by atoms with Gasteiger partial charge in [0.15, 0.2) is 11.5 Å². The predicted molar refractivity (Wildman–Crippen MR) is 146 cm³/mol. The number of alkyl halides is 3. The molecule has 1 aliphatic heterocycles. The second kappa shape index (κ2) is 11.6. The number of rotatable bonds is 9. The lowest BCUT2D eigenvalue weighted by Crippen LogP contribution is -2.46. The number of benzene rings is 1. The molecule has 4 aromatic rings. The summed E-state index contributed by atoms with van der Waals surface area (Å²) in [6, 6.07) is 4.78. The lowest BCUT2D eigenvalue weighted by molar-refractivity contribution is -0.140. The zero-order chi connectivity index (χ0) is 29.1. The molecule has 0 radical (unpaired) electrons. The van der Waals surface area contributed by atoms with E-state index in [-0.39, 0.29) is 35.2 Å². The van der Waals surface area contributed by atoms with Gasteiger partial charge in [0.05, 0.1) is 29.7 Å². The van der Waals surface area contributed by atoms with Crippen LogP contribution in [-0.4, -0.2) is 61.6 Å². The van der Waals surface area contributed by atoms with Gasteiger partial charge in [0.25, 0.3) is 5.91 Å². The third-order valence-corrected chi connectivity index (χ3v) is 6.96. The summed E-state index contributed by atoms with van der Waals surface area (Å²) in [7, 11) is 0. The Bertz CT molecular complexity index is 1560. The van der Waals surface area contributed by atoms with Gasteiger partial charge < -0.3 is 21.3 Å². The van der Waals surface area contributed by atoms with E-state index in [9.17, 15) is 22.8 Å². The van der Waals surface area contributed by atoms with Crippen molar-refractivity contribution in [3.63, 3.8) is 0 Å². The summed E-state index contributed by atoms with van der Waals surface area (Å²) in [6.45, 7) is 4.90. The number of aromatic nitrogens is 5. The van der Waals surface area contributed by atoms with Crippen LogP contribution in [0.15, 0.2) is 43.0 Å². The van der Waals surface area contributed by atoms with Gasteiger partial charge >= 0.3 is 6.18 Å². The van der Waals surface area contributed by atoms with E-state index in [0.29, 0.717) is 35.7 Å². The van der Waals surface area contributed by atoms with Crippen LogP contribution in [-0.2, 0) is 17.4 Å². The van der Waals surface area contributed by atoms with Crippen LogP contribution in [0.4, 0.5) is 24.7 Å². The maximum Gasteiger partial charge on any atom is 0.433 e. The van der Waals surface area contributed by atoms with Crippen LogP contribution in [0, 0.1) is 0 Å². The van der Waals surface area contributed by atoms with Crippen molar-refractivity contribution in [1.29, 1.82) is 0 Å². The number of nitrogens with zero attached hydrogens (tertiary/aromatic N) is 4. The zero-order valence-electron chi connectivity index (χ0n) is 22.5. The van der Waals surface area contributed by atoms with Gasteiger partial charge in [0.2, 0.25) is 5.91 Å². The minimum absolute atomic E-state index is 0.0629. The van der Waals surface area contributed by atoms with Crippen LogP contribution < -0.4 is 21.3 Å². The fourth-order valence-electron chi connectivity index (χ4n) is 4.86. The molecule has 14 heteroatoms. The molecule has 5 rings (SSSR count). The normalized spacial score (nSPS) is 16.1. The van der Waals surface area contributed by atoms with E-state index in [1.54, 1.807) is 12.1 Å². The quantitative estimate of drug-likeness (QED) is 0.208. The second-order valence-corrected chi connectivity index (χ2v) is 9.89. The van der Waals surface area contributed by atoms with E-state index < -0.39 is 11.9 Å². The molecule has 5 N–H and O–H groups in total. The van der Waals surface area contributed by atoms with E-state index in [2.05, 4.69) is 36.3 Å². The number of halogens is 3. The third-order valence-electron chi connectivity index (χ3n) is 6.96. The van der Waals surface area contributed by atoms with E-state index in [4.69, 9.17) is 0 Å². The summed E-state index contributed by atoms with van der Waals surface area (Å²) < 4.78 is 41.8. The number of anilines is 2. The van der Waals surface area contributed by atoms with Crippen LogP contribution in [0.25, 0.3) is 16.9 Å². The zero-order valence-corrected chi connectivity index (χ0v) is 22.5. The summed E-state index contributed by atoms with van der Waals surface area (Å²) in [6.07, 6.45) is 3.17. The van der Waals surface area contributed by atoms with Crippen molar-refractivity contribution < 1.29 is 22.8 Å². The number of carbonyl (C=O) groups excluding carboxylic acids is 2. The summed E-state index contributed by atoms with van der Waals surface area (Å²) in [4.78, 5) is 33.9. The number of imidazole rings is 1. The lowest BCUT2D eigenvalue weighted by Gasteiger charge is -2.18. The Morgan fingerprint density at radius 1 is 1.22 bits per heavy atom. The minimum atomic E-state index is -4.60. The fraction of sp³-hybridized carbons (Fsp3) is 0.370. The molecule has 0 aliphatic carbocycles. The number of hydrogen-bond acceptors (Lipinski definition) is 7. The molecule has 1 fully saturated rings. The largest absolute Gasteiger partial charge is 0.433 e. The van der Waals surface area contributed by atoms with E-state index in [1.165, 1.54) is 23.0 Å². The Morgan fingerprint density at radius 3 is 2.78 bits per heavy atom. The van der Waals surface area contributed by atoms with Crippen molar-refractivity contribution in [2.45, 2.75) is 51.4 Å². The Balaban J connectivity index is 1.30. The molecule has 4 heterocycles.